The predicted molar refractivity (Wildman–Crippen MR) is 59.7 cm³/mol. The topological polar surface area (TPSA) is 30.5 Å². The van der Waals surface area contributed by atoms with E-state index in [1.54, 1.807) is 0 Å². The molecule has 15 heavy (non-hydrogen) atoms. The van der Waals surface area contributed by atoms with E-state index in [9.17, 15) is 0 Å². The van der Waals surface area contributed by atoms with Crippen LogP contribution in [-0.4, -0.2) is 32.4 Å². The first-order chi connectivity index (χ1) is 7.35. The van der Waals surface area contributed by atoms with Crippen LogP contribution in [0.2, 0.25) is 0 Å². The highest BCUT2D eigenvalue weighted by Crippen LogP contribution is 2.32. The quantitative estimate of drug-likeness (QED) is 0.772. The molecular weight excluding hydrogens is 190 g/mol. The molecule has 2 rings (SSSR count). The van der Waals surface area contributed by atoms with Crippen molar-refractivity contribution in [2.45, 2.75) is 37.7 Å². The van der Waals surface area contributed by atoms with Crippen molar-refractivity contribution in [2.75, 3.05) is 26.8 Å². The minimum absolute atomic E-state index is 0.0672. The van der Waals surface area contributed by atoms with Crippen LogP contribution in [0.25, 0.3) is 0 Å². The van der Waals surface area contributed by atoms with Crippen molar-refractivity contribution < 1.29 is 9.47 Å². The SMILES string of the molecule is COC1(CC2=COCCC2)CCNCC1. The maximum absolute atomic E-state index is 5.75. The minimum atomic E-state index is 0.0672. The smallest absolute Gasteiger partial charge is 0.0876 e. The summed E-state index contributed by atoms with van der Waals surface area (Å²) in [7, 11) is 1.84. The second-order valence-corrected chi connectivity index (χ2v) is 4.56. The highest BCUT2D eigenvalue weighted by atomic mass is 16.5. The molecule has 0 atom stereocenters. The van der Waals surface area contributed by atoms with Crippen LogP contribution in [-0.2, 0) is 9.47 Å². The predicted octanol–water partition coefficient (Wildman–Crippen LogP) is 1.84. The molecular formula is C12H21NO2. The Labute approximate surface area is 91.8 Å². The first-order valence-corrected chi connectivity index (χ1v) is 5.90. The van der Waals surface area contributed by atoms with Crippen LogP contribution in [0.15, 0.2) is 11.8 Å². The van der Waals surface area contributed by atoms with Crippen LogP contribution in [0.1, 0.15) is 32.1 Å². The van der Waals surface area contributed by atoms with Gasteiger partial charge in [0.05, 0.1) is 18.5 Å². The van der Waals surface area contributed by atoms with E-state index in [2.05, 4.69) is 5.32 Å². The molecule has 1 N–H and O–H groups in total. The maximum atomic E-state index is 5.75. The molecule has 0 aromatic rings. The van der Waals surface area contributed by atoms with E-state index in [0.717, 1.165) is 45.4 Å². The normalized spacial score (nSPS) is 25.5. The van der Waals surface area contributed by atoms with Gasteiger partial charge >= 0.3 is 0 Å². The molecule has 0 spiro atoms. The van der Waals surface area contributed by atoms with Gasteiger partial charge in [0.2, 0.25) is 0 Å². The van der Waals surface area contributed by atoms with Gasteiger partial charge in [-0.25, -0.2) is 0 Å². The molecule has 0 saturated carbocycles. The summed E-state index contributed by atoms with van der Waals surface area (Å²) >= 11 is 0. The van der Waals surface area contributed by atoms with Crippen molar-refractivity contribution in [3.05, 3.63) is 11.8 Å². The zero-order chi connectivity index (χ0) is 10.6. The summed E-state index contributed by atoms with van der Waals surface area (Å²) in [5.74, 6) is 0. The zero-order valence-corrected chi connectivity index (χ0v) is 9.55. The van der Waals surface area contributed by atoms with Gasteiger partial charge in [-0.1, -0.05) is 0 Å². The molecule has 86 valence electrons. The zero-order valence-electron chi connectivity index (χ0n) is 9.55. The molecule has 0 aromatic carbocycles. The fourth-order valence-corrected chi connectivity index (χ4v) is 2.50. The Morgan fingerprint density at radius 3 is 2.87 bits per heavy atom. The molecule has 0 bridgehead atoms. The van der Waals surface area contributed by atoms with Crippen molar-refractivity contribution >= 4 is 0 Å². The average molecular weight is 211 g/mol. The molecule has 1 fully saturated rings. The summed E-state index contributed by atoms with van der Waals surface area (Å²) in [6.07, 6.45) is 7.56. The lowest BCUT2D eigenvalue weighted by Gasteiger charge is -2.37. The largest absolute Gasteiger partial charge is 0.501 e. The molecule has 3 nitrogen and oxygen atoms in total. The van der Waals surface area contributed by atoms with Gasteiger partial charge in [0, 0.05) is 13.5 Å². The second-order valence-electron chi connectivity index (χ2n) is 4.56. The Hall–Kier alpha value is -0.540. The van der Waals surface area contributed by atoms with Crippen molar-refractivity contribution in [1.82, 2.24) is 5.32 Å². The van der Waals surface area contributed by atoms with Gasteiger partial charge in [-0.15, -0.1) is 0 Å². The van der Waals surface area contributed by atoms with Crippen LogP contribution in [0.3, 0.4) is 0 Å². The number of hydrogen-bond donors (Lipinski definition) is 1. The summed E-state index contributed by atoms with van der Waals surface area (Å²) in [5, 5.41) is 3.38. The van der Waals surface area contributed by atoms with Crippen LogP contribution in [0.4, 0.5) is 0 Å². The molecule has 2 heterocycles. The minimum Gasteiger partial charge on any atom is -0.501 e. The Bertz CT molecular complexity index is 232. The maximum Gasteiger partial charge on any atom is 0.0876 e. The average Bonchev–Trinajstić information content (AvgIpc) is 2.32. The Balaban J connectivity index is 1.96. The summed E-state index contributed by atoms with van der Waals surface area (Å²) in [6.45, 7) is 3.02. The van der Waals surface area contributed by atoms with Crippen molar-refractivity contribution in [3.63, 3.8) is 0 Å². The van der Waals surface area contributed by atoms with Gasteiger partial charge in [0.1, 0.15) is 0 Å². The fourth-order valence-electron chi connectivity index (χ4n) is 2.50. The summed E-state index contributed by atoms with van der Waals surface area (Å²) < 4.78 is 11.1. The Morgan fingerprint density at radius 1 is 1.47 bits per heavy atom. The molecule has 2 aliphatic rings. The molecule has 1 saturated heterocycles. The number of hydrogen-bond acceptors (Lipinski definition) is 3. The molecule has 0 unspecified atom stereocenters. The van der Waals surface area contributed by atoms with Crippen molar-refractivity contribution in [2.24, 2.45) is 0 Å². The molecule has 0 radical (unpaired) electrons. The monoisotopic (exact) mass is 211 g/mol. The number of methoxy groups -OCH3 is 1. The molecule has 0 amide bonds. The third-order valence-corrected chi connectivity index (χ3v) is 3.51. The lowest BCUT2D eigenvalue weighted by molar-refractivity contribution is -0.0349. The van der Waals surface area contributed by atoms with Gasteiger partial charge < -0.3 is 14.8 Å². The number of nitrogens with one attached hydrogen (secondary N) is 1. The van der Waals surface area contributed by atoms with Crippen LogP contribution < -0.4 is 5.32 Å². The van der Waals surface area contributed by atoms with E-state index in [1.165, 1.54) is 12.0 Å². The summed E-state index contributed by atoms with van der Waals surface area (Å²) in [5.41, 5.74) is 1.49. The third-order valence-electron chi connectivity index (χ3n) is 3.51. The number of rotatable bonds is 3. The lowest BCUT2D eigenvalue weighted by Crippen LogP contribution is -2.43. The van der Waals surface area contributed by atoms with Gasteiger partial charge in [0.15, 0.2) is 0 Å². The Kier molecular flexibility index (Phi) is 3.65. The molecule has 3 heteroatoms. The van der Waals surface area contributed by atoms with Crippen LogP contribution in [0, 0.1) is 0 Å². The first-order valence-electron chi connectivity index (χ1n) is 5.90. The van der Waals surface area contributed by atoms with Gasteiger partial charge in [0.25, 0.3) is 0 Å². The van der Waals surface area contributed by atoms with Crippen LogP contribution >= 0.6 is 0 Å². The first kappa shape index (κ1) is 11.0. The van der Waals surface area contributed by atoms with E-state index in [4.69, 9.17) is 9.47 Å². The highest BCUT2D eigenvalue weighted by Gasteiger charge is 2.32. The molecule has 0 aromatic heterocycles. The van der Waals surface area contributed by atoms with Crippen molar-refractivity contribution in [3.8, 4) is 0 Å². The second kappa shape index (κ2) is 4.99. The van der Waals surface area contributed by atoms with E-state index in [-0.39, 0.29) is 5.60 Å². The number of piperidine rings is 1. The van der Waals surface area contributed by atoms with Crippen molar-refractivity contribution in [1.29, 1.82) is 0 Å². The standard InChI is InChI=1S/C12H21NO2/c1-14-12(4-6-13-7-5-12)9-11-3-2-8-15-10-11/h10,13H,2-9H2,1H3. The van der Waals surface area contributed by atoms with E-state index in [0.29, 0.717) is 0 Å². The van der Waals surface area contributed by atoms with Gasteiger partial charge in [-0.2, -0.15) is 0 Å². The van der Waals surface area contributed by atoms with Gasteiger partial charge in [-0.3, -0.25) is 0 Å². The Morgan fingerprint density at radius 2 is 2.27 bits per heavy atom. The molecule has 0 aliphatic carbocycles. The van der Waals surface area contributed by atoms with Crippen LogP contribution in [0.5, 0.6) is 0 Å². The van der Waals surface area contributed by atoms with Gasteiger partial charge in [-0.05, 0) is 44.3 Å². The lowest BCUT2D eigenvalue weighted by atomic mass is 9.84. The summed E-state index contributed by atoms with van der Waals surface area (Å²) in [6, 6.07) is 0. The van der Waals surface area contributed by atoms with E-state index < -0.39 is 0 Å². The fraction of sp³-hybridized carbons (Fsp3) is 0.833. The highest BCUT2D eigenvalue weighted by molar-refractivity contribution is 5.07. The van der Waals surface area contributed by atoms with E-state index >= 15 is 0 Å². The third kappa shape index (κ3) is 2.73. The van der Waals surface area contributed by atoms with E-state index in [1.807, 2.05) is 13.4 Å². The molecule has 2 aliphatic heterocycles. The number of ether oxygens (including phenoxy) is 2. The summed E-state index contributed by atoms with van der Waals surface area (Å²) in [4.78, 5) is 0.